The highest BCUT2D eigenvalue weighted by atomic mass is 15.7. The van der Waals surface area contributed by atoms with Crippen molar-refractivity contribution in [3.8, 4) is 0 Å². The van der Waals surface area contributed by atoms with Crippen molar-refractivity contribution < 1.29 is 0 Å². The van der Waals surface area contributed by atoms with Crippen LogP contribution < -0.4 is 16.1 Å². The maximum absolute atomic E-state index is 7.97. The van der Waals surface area contributed by atoms with E-state index in [1.54, 1.807) is 36.5 Å². The van der Waals surface area contributed by atoms with Crippen LogP contribution in [0, 0.1) is 5.41 Å². The number of anilines is 2. The van der Waals surface area contributed by atoms with Crippen LogP contribution in [0.25, 0.3) is 0 Å². The number of nitrogens with zero attached hydrogens (tertiary/aromatic N) is 6. The van der Waals surface area contributed by atoms with Crippen LogP contribution in [0.3, 0.4) is 0 Å². The molecule has 0 amide bonds. The molecule has 0 bridgehead atoms. The van der Waals surface area contributed by atoms with Crippen LogP contribution in [0.15, 0.2) is 46.8 Å². The van der Waals surface area contributed by atoms with Gasteiger partial charge in [-0.2, -0.15) is 5.10 Å². The van der Waals surface area contributed by atoms with E-state index in [1.165, 1.54) is 18.1 Å². The topological polar surface area (TPSA) is 119 Å². The molecule has 28 heavy (non-hydrogen) atoms. The number of hydrazone groups is 1. The first kappa shape index (κ1) is 21.0. The molecule has 0 aliphatic heterocycles. The van der Waals surface area contributed by atoms with Crippen molar-refractivity contribution in [3.63, 3.8) is 0 Å². The van der Waals surface area contributed by atoms with Crippen LogP contribution in [0.1, 0.15) is 25.1 Å². The van der Waals surface area contributed by atoms with E-state index in [-0.39, 0.29) is 11.9 Å². The molecule has 2 aromatic rings. The van der Waals surface area contributed by atoms with E-state index >= 15 is 0 Å². The Morgan fingerprint density at radius 1 is 1.29 bits per heavy atom. The van der Waals surface area contributed by atoms with Gasteiger partial charge in [0.15, 0.2) is 11.7 Å². The van der Waals surface area contributed by atoms with E-state index in [2.05, 4.69) is 27.4 Å². The van der Waals surface area contributed by atoms with Crippen LogP contribution in [0.5, 0.6) is 0 Å². The number of rotatable bonds is 8. The smallest absolute Gasteiger partial charge is 0.164 e. The molecule has 2 rings (SSSR count). The van der Waals surface area contributed by atoms with Gasteiger partial charge in [0, 0.05) is 32.2 Å². The third-order valence-corrected chi connectivity index (χ3v) is 4.02. The second-order valence-corrected chi connectivity index (χ2v) is 6.01. The van der Waals surface area contributed by atoms with Crippen molar-refractivity contribution in [1.82, 2.24) is 20.5 Å². The van der Waals surface area contributed by atoms with Gasteiger partial charge in [0.2, 0.25) is 0 Å². The highest BCUT2D eigenvalue weighted by molar-refractivity contribution is 6.19. The van der Waals surface area contributed by atoms with Crippen molar-refractivity contribution in [2.75, 3.05) is 24.7 Å². The summed E-state index contributed by atoms with van der Waals surface area (Å²) in [6.45, 7) is 3.99. The molecule has 1 aromatic heterocycles. The number of amidine groups is 1. The Bertz CT molecular complexity index is 830. The molecule has 0 saturated heterocycles. The van der Waals surface area contributed by atoms with Crippen LogP contribution in [0.4, 0.5) is 11.5 Å². The van der Waals surface area contributed by atoms with Crippen molar-refractivity contribution in [2.45, 2.75) is 26.3 Å². The number of aliphatic imine (C=N–C) groups is 1. The Labute approximate surface area is 165 Å². The average Bonchev–Trinajstić information content (AvgIpc) is 2.72. The Balaban J connectivity index is 2.49. The number of aromatic nitrogens is 2. The number of nitrogens with two attached hydrogens (primary N) is 1. The molecule has 0 unspecified atom stereocenters. The van der Waals surface area contributed by atoms with E-state index in [4.69, 9.17) is 16.1 Å². The molecule has 0 aliphatic carbocycles. The van der Waals surface area contributed by atoms with Gasteiger partial charge in [-0.25, -0.2) is 20.5 Å². The van der Waals surface area contributed by atoms with Crippen molar-refractivity contribution >= 4 is 29.9 Å². The summed E-state index contributed by atoms with van der Waals surface area (Å²) in [5.74, 6) is 0.672. The molecule has 1 heterocycles. The Hall–Kier alpha value is -3.33. The lowest BCUT2D eigenvalue weighted by Gasteiger charge is -2.22. The molecule has 4 N–H and O–H groups in total. The SMILES string of the molecule is CCc1ccc(N(C=N)C(=N[C@@H](C)C=NN(C)NC)c2nccnc2N)cc1. The zero-order chi connectivity index (χ0) is 20.5. The van der Waals surface area contributed by atoms with Crippen LogP contribution in [0.2, 0.25) is 0 Å². The number of aryl methyl sites for hydroxylation is 1. The van der Waals surface area contributed by atoms with Gasteiger partial charge in [0.1, 0.15) is 5.69 Å². The van der Waals surface area contributed by atoms with Gasteiger partial charge in [-0.15, -0.1) is 0 Å². The summed E-state index contributed by atoms with van der Waals surface area (Å²) < 4.78 is 0. The zero-order valence-electron chi connectivity index (χ0n) is 16.7. The molecule has 0 radical (unpaired) electrons. The van der Waals surface area contributed by atoms with Crippen molar-refractivity contribution in [3.05, 3.63) is 47.9 Å². The first-order valence-corrected chi connectivity index (χ1v) is 8.98. The van der Waals surface area contributed by atoms with Gasteiger partial charge < -0.3 is 5.73 Å². The predicted molar refractivity (Wildman–Crippen MR) is 115 cm³/mol. The highest BCUT2D eigenvalue weighted by Crippen LogP contribution is 2.19. The fraction of sp³-hybridized carbons (Fsp3) is 0.316. The molecule has 1 atom stereocenters. The summed E-state index contributed by atoms with van der Waals surface area (Å²) in [6, 6.07) is 7.65. The van der Waals surface area contributed by atoms with E-state index in [0.717, 1.165) is 12.1 Å². The number of hydrazine groups is 1. The Kier molecular flexibility index (Phi) is 7.58. The molecular formula is C19H27N9. The van der Waals surface area contributed by atoms with Gasteiger partial charge in [0.25, 0.3) is 0 Å². The molecule has 148 valence electrons. The van der Waals surface area contributed by atoms with Gasteiger partial charge in [0.05, 0.1) is 18.6 Å². The zero-order valence-corrected chi connectivity index (χ0v) is 16.7. The molecule has 0 spiro atoms. The number of hydrogen-bond acceptors (Lipinski definition) is 8. The molecule has 0 aliphatic rings. The average molecular weight is 381 g/mol. The first-order chi connectivity index (χ1) is 13.5. The van der Waals surface area contributed by atoms with Gasteiger partial charge in [-0.3, -0.25) is 15.3 Å². The van der Waals surface area contributed by atoms with Crippen molar-refractivity contribution in [1.29, 1.82) is 5.41 Å². The summed E-state index contributed by atoms with van der Waals surface area (Å²) in [4.78, 5) is 14.8. The Morgan fingerprint density at radius 3 is 2.54 bits per heavy atom. The minimum Gasteiger partial charge on any atom is -0.382 e. The minimum absolute atomic E-state index is 0.245. The summed E-state index contributed by atoms with van der Waals surface area (Å²) in [5.41, 5.74) is 11.3. The largest absolute Gasteiger partial charge is 0.382 e. The molecule has 9 heteroatoms. The summed E-state index contributed by atoms with van der Waals surface area (Å²) in [5, 5.41) is 13.8. The maximum Gasteiger partial charge on any atom is 0.164 e. The van der Waals surface area contributed by atoms with E-state index < -0.39 is 0 Å². The van der Waals surface area contributed by atoms with Gasteiger partial charge >= 0.3 is 0 Å². The second-order valence-electron chi connectivity index (χ2n) is 6.01. The van der Waals surface area contributed by atoms with Gasteiger partial charge in [-0.1, -0.05) is 19.1 Å². The van der Waals surface area contributed by atoms with E-state index in [9.17, 15) is 0 Å². The minimum atomic E-state index is -0.287. The van der Waals surface area contributed by atoms with E-state index in [0.29, 0.717) is 11.5 Å². The number of hydrogen-bond donors (Lipinski definition) is 3. The third-order valence-electron chi connectivity index (χ3n) is 4.02. The number of benzene rings is 1. The number of nitrogens with one attached hydrogen (secondary N) is 2. The first-order valence-electron chi connectivity index (χ1n) is 8.98. The third kappa shape index (κ3) is 5.34. The molecule has 1 aromatic carbocycles. The fourth-order valence-corrected chi connectivity index (χ4v) is 2.39. The normalized spacial score (nSPS) is 12.8. The van der Waals surface area contributed by atoms with E-state index in [1.807, 2.05) is 31.2 Å². The lowest BCUT2D eigenvalue weighted by Crippen LogP contribution is -2.33. The molecule has 0 saturated carbocycles. The standard InChI is InChI=1S/C19H27N9/c1-5-15-6-8-16(9-7-15)28(13-20)19(17-18(21)24-11-10-23-17)26-14(2)12-25-27(4)22-3/h6-14,20,22H,5H2,1-4H3,(H2,21,24)/t14-/m0/s1. The number of nitrogen functional groups attached to an aromatic ring is 1. The molecule has 0 fully saturated rings. The molecule has 9 nitrogen and oxygen atoms in total. The monoisotopic (exact) mass is 381 g/mol. The van der Waals surface area contributed by atoms with Crippen LogP contribution in [-0.2, 0) is 6.42 Å². The lowest BCUT2D eigenvalue weighted by molar-refractivity contribution is 0.275. The Morgan fingerprint density at radius 2 is 1.96 bits per heavy atom. The lowest BCUT2D eigenvalue weighted by atomic mass is 10.1. The summed E-state index contributed by atoms with van der Waals surface area (Å²) in [6.07, 6.45) is 6.89. The van der Waals surface area contributed by atoms with Crippen LogP contribution >= 0.6 is 0 Å². The summed E-state index contributed by atoms with van der Waals surface area (Å²) >= 11 is 0. The second kappa shape index (κ2) is 10.1. The predicted octanol–water partition coefficient (Wildman–Crippen LogP) is 1.92. The highest BCUT2D eigenvalue weighted by Gasteiger charge is 2.19. The quantitative estimate of drug-likeness (QED) is 0.365. The summed E-state index contributed by atoms with van der Waals surface area (Å²) in [7, 11) is 3.56. The maximum atomic E-state index is 7.97. The van der Waals surface area contributed by atoms with Crippen molar-refractivity contribution in [2.24, 2.45) is 10.1 Å². The van der Waals surface area contributed by atoms with Crippen LogP contribution in [-0.4, -0.2) is 53.6 Å². The van der Waals surface area contributed by atoms with Gasteiger partial charge in [-0.05, 0) is 31.0 Å². The fourth-order valence-electron chi connectivity index (χ4n) is 2.39. The molecular weight excluding hydrogens is 354 g/mol.